The van der Waals surface area contributed by atoms with Gasteiger partial charge in [0.05, 0.1) is 12.7 Å². The van der Waals surface area contributed by atoms with E-state index in [0.717, 1.165) is 23.6 Å². The predicted molar refractivity (Wildman–Crippen MR) is 93.0 cm³/mol. The highest BCUT2D eigenvalue weighted by Gasteiger charge is 2.30. The van der Waals surface area contributed by atoms with Crippen LogP contribution in [0, 0.1) is 0 Å². The predicted octanol–water partition coefficient (Wildman–Crippen LogP) is 4.99. The number of rotatable bonds is 5. The Kier molecular flexibility index (Phi) is 4.92. The first-order chi connectivity index (χ1) is 12.4. The Morgan fingerprint density at radius 2 is 1.69 bits per heavy atom. The van der Waals surface area contributed by atoms with Crippen LogP contribution >= 0.6 is 0 Å². The molecule has 5 nitrogen and oxygen atoms in total. The number of methoxy groups -OCH3 is 1. The van der Waals surface area contributed by atoms with Crippen LogP contribution in [0.3, 0.4) is 0 Å². The molecule has 3 rings (SSSR count). The molecule has 0 spiro atoms. The number of ether oxygens (including phenoxy) is 1. The van der Waals surface area contributed by atoms with E-state index in [1.54, 1.807) is 37.4 Å². The second-order valence-corrected chi connectivity index (χ2v) is 5.32. The first-order valence-electron chi connectivity index (χ1n) is 7.62. The van der Waals surface area contributed by atoms with Crippen LogP contribution in [0.25, 0.3) is 0 Å². The number of nitrogens with one attached hydrogen (secondary N) is 2. The number of benzene rings is 2. The Morgan fingerprint density at radius 1 is 0.923 bits per heavy atom. The molecule has 0 bridgehead atoms. The van der Waals surface area contributed by atoms with Gasteiger partial charge in [-0.2, -0.15) is 18.2 Å². The molecular formula is C18H15F3N4O. The Hall–Kier alpha value is -3.29. The maximum Gasteiger partial charge on any atom is 0.416 e. The van der Waals surface area contributed by atoms with Gasteiger partial charge >= 0.3 is 6.18 Å². The van der Waals surface area contributed by atoms with Gasteiger partial charge in [-0.15, -0.1) is 0 Å². The topological polar surface area (TPSA) is 59.1 Å². The highest BCUT2D eigenvalue weighted by atomic mass is 19.4. The molecule has 134 valence electrons. The third-order valence-corrected chi connectivity index (χ3v) is 3.46. The summed E-state index contributed by atoms with van der Waals surface area (Å²) in [5.74, 6) is 1.40. The minimum atomic E-state index is -4.40. The molecule has 0 radical (unpaired) electrons. The lowest BCUT2D eigenvalue weighted by Crippen LogP contribution is -2.05. The summed E-state index contributed by atoms with van der Waals surface area (Å²) >= 11 is 0. The molecule has 0 aliphatic carbocycles. The average Bonchev–Trinajstić information content (AvgIpc) is 2.62. The van der Waals surface area contributed by atoms with Gasteiger partial charge in [-0.3, -0.25) is 0 Å². The Morgan fingerprint density at radius 3 is 2.38 bits per heavy atom. The molecule has 0 saturated heterocycles. The maximum absolute atomic E-state index is 12.8. The first kappa shape index (κ1) is 17.5. The molecule has 1 heterocycles. The van der Waals surface area contributed by atoms with Crippen molar-refractivity contribution in [1.29, 1.82) is 0 Å². The van der Waals surface area contributed by atoms with E-state index in [1.807, 2.05) is 0 Å². The molecule has 0 saturated carbocycles. The fourth-order valence-corrected chi connectivity index (χ4v) is 2.21. The molecule has 0 aliphatic rings. The van der Waals surface area contributed by atoms with E-state index in [0.29, 0.717) is 11.8 Å². The van der Waals surface area contributed by atoms with Gasteiger partial charge in [0.25, 0.3) is 0 Å². The van der Waals surface area contributed by atoms with Crippen LogP contribution in [0.15, 0.2) is 60.8 Å². The van der Waals surface area contributed by atoms with E-state index < -0.39 is 11.7 Å². The molecule has 0 unspecified atom stereocenters. The van der Waals surface area contributed by atoms with Crippen molar-refractivity contribution in [2.24, 2.45) is 0 Å². The summed E-state index contributed by atoms with van der Waals surface area (Å²) < 4.78 is 43.5. The molecule has 0 fully saturated rings. The van der Waals surface area contributed by atoms with E-state index in [2.05, 4.69) is 20.6 Å². The summed E-state index contributed by atoms with van der Waals surface area (Å²) in [6.07, 6.45) is -2.89. The van der Waals surface area contributed by atoms with Gasteiger partial charge in [0.15, 0.2) is 0 Å². The van der Waals surface area contributed by atoms with E-state index >= 15 is 0 Å². The Balaban J connectivity index is 1.75. The number of aromatic nitrogens is 2. The average molecular weight is 360 g/mol. The van der Waals surface area contributed by atoms with Gasteiger partial charge in [-0.1, -0.05) is 6.07 Å². The summed E-state index contributed by atoms with van der Waals surface area (Å²) in [6, 6.07) is 13.7. The van der Waals surface area contributed by atoms with E-state index in [4.69, 9.17) is 4.74 Å². The van der Waals surface area contributed by atoms with Crippen molar-refractivity contribution in [1.82, 2.24) is 9.97 Å². The van der Waals surface area contributed by atoms with Gasteiger partial charge in [-0.05, 0) is 48.5 Å². The van der Waals surface area contributed by atoms with Crippen LogP contribution in [-0.4, -0.2) is 17.1 Å². The molecule has 2 N–H and O–H groups in total. The minimum Gasteiger partial charge on any atom is -0.497 e. The quantitative estimate of drug-likeness (QED) is 0.671. The zero-order chi connectivity index (χ0) is 18.6. The Labute approximate surface area is 147 Å². The fraction of sp³-hybridized carbons (Fsp3) is 0.111. The monoisotopic (exact) mass is 360 g/mol. The lowest BCUT2D eigenvalue weighted by molar-refractivity contribution is -0.137. The second kappa shape index (κ2) is 7.30. The van der Waals surface area contributed by atoms with Gasteiger partial charge < -0.3 is 15.4 Å². The minimum absolute atomic E-state index is 0.286. The van der Waals surface area contributed by atoms with Gasteiger partial charge in [0, 0.05) is 17.6 Å². The molecule has 3 aromatic rings. The van der Waals surface area contributed by atoms with Gasteiger partial charge in [0.2, 0.25) is 5.95 Å². The van der Waals surface area contributed by atoms with Gasteiger partial charge in [-0.25, -0.2) is 4.98 Å². The lowest BCUT2D eigenvalue weighted by atomic mass is 10.2. The van der Waals surface area contributed by atoms with E-state index in [-0.39, 0.29) is 5.69 Å². The van der Waals surface area contributed by atoms with Crippen molar-refractivity contribution in [2.75, 3.05) is 17.7 Å². The van der Waals surface area contributed by atoms with E-state index in [9.17, 15) is 13.2 Å². The second-order valence-electron chi connectivity index (χ2n) is 5.32. The molecule has 0 atom stereocenters. The number of hydrogen-bond acceptors (Lipinski definition) is 5. The van der Waals surface area contributed by atoms with Crippen molar-refractivity contribution in [3.8, 4) is 5.75 Å². The third-order valence-electron chi connectivity index (χ3n) is 3.46. The summed E-state index contributed by atoms with van der Waals surface area (Å²) in [4.78, 5) is 8.35. The van der Waals surface area contributed by atoms with Crippen molar-refractivity contribution >= 4 is 23.1 Å². The molecule has 1 aromatic heterocycles. The number of halogens is 3. The number of alkyl halides is 3. The molecule has 2 aromatic carbocycles. The van der Waals surface area contributed by atoms with Crippen LogP contribution < -0.4 is 15.4 Å². The van der Waals surface area contributed by atoms with Crippen LogP contribution in [0.2, 0.25) is 0 Å². The molecule has 26 heavy (non-hydrogen) atoms. The fourth-order valence-electron chi connectivity index (χ4n) is 2.21. The summed E-state index contributed by atoms with van der Waals surface area (Å²) in [5, 5.41) is 5.87. The Bertz CT molecular complexity index is 882. The smallest absolute Gasteiger partial charge is 0.416 e. The van der Waals surface area contributed by atoms with Crippen molar-refractivity contribution in [3.05, 3.63) is 66.4 Å². The summed E-state index contributed by atoms with van der Waals surface area (Å²) in [6.45, 7) is 0. The summed E-state index contributed by atoms with van der Waals surface area (Å²) in [5.41, 5.74) is 0.309. The normalized spacial score (nSPS) is 11.1. The molecule has 0 amide bonds. The van der Waals surface area contributed by atoms with Crippen LogP contribution in [0.4, 0.5) is 36.3 Å². The number of nitrogens with zero attached hydrogens (tertiary/aromatic N) is 2. The lowest BCUT2D eigenvalue weighted by Gasteiger charge is -2.11. The highest BCUT2D eigenvalue weighted by molar-refractivity contribution is 5.60. The van der Waals surface area contributed by atoms with Crippen LogP contribution in [0.1, 0.15) is 5.56 Å². The maximum atomic E-state index is 12.8. The van der Waals surface area contributed by atoms with Crippen molar-refractivity contribution < 1.29 is 17.9 Å². The largest absolute Gasteiger partial charge is 0.497 e. The van der Waals surface area contributed by atoms with Gasteiger partial charge in [0.1, 0.15) is 11.6 Å². The highest BCUT2D eigenvalue weighted by Crippen LogP contribution is 2.31. The first-order valence-corrected chi connectivity index (χ1v) is 7.62. The number of hydrogen-bond donors (Lipinski definition) is 2. The third kappa shape index (κ3) is 4.41. The standard InChI is InChI=1S/C18H15F3N4O/c1-26-15-7-5-13(6-8-15)24-17-22-10-9-16(25-17)23-14-4-2-3-12(11-14)18(19,20)21/h2-11H,1H3,(H2,22,23,24,25). The summed E-state index contributed by atoms with van der Waals surface area (Å²) in [7, 11) is 1.58. The zero-order valence-corrected chi connectivity index (χ0v) is 13.7. The zero-order valence-electron chi connectivity index (χ0n) is 13.7. The SMILES string of the molecule is COc1ccc(Nc2nccc(Nc3cccc(C(F)(F)F)c3)n2)cc1. The molecule has 8 heteroatoms. The van der Waals surface area contributed by atoms with Crippen LogP contribution in [-0.2, 0) is 6.18 Å². The number of anilines is 4. The van der Waals surface area contributed by atoms with Crippen molar-refractivity contribution in [2.45, 2.75) is 6.18 Å². The molecular weight excluding hydrogens is 345 g/mol. The van der Waals surface area contributed by atoms with Crippen molar-refractivity contribution in [3.63, 3.8) is 0 Å². The van der Waals surface area contributed by atoms with E-state index in [1.165, 1.54) is 18.3 Å². The molecule has 0 aliphatic heterocycles. The van der Waals surface area contributed by atoms with Crippen LogP contribution in [0.5, 0.6) is 5.75 Å².